The molecule has 1 unspecified atom stereocenters. The Balaban J connectivity index is 1.70. The van der Waals surface area contributed by atoms with E-state index < -0.39 is 5.97 Å². The Morgan fingerprint density at radius 1 is 1.20 bits per heavy atom. The first-order valence-corrected chi connectivity index (χ1v) is 7.00. The molecule has 1 aromatic carbocycles. The maximum absolute atomic E-state index is 12.2. The molecule has 3 aliphatic heterocycles. The third kappa shape index (κ3) is 2.54. The van der Waals surface area contributed by atoms with Gasteiger partial charge in [-0.3, -0.25) is 4.79 Å². The highest BCUT2D eigenvalue weighted by Crippen LogP contribution is 2.27. The summed E-state index contributed by atoms with van der Waals surface area (Å²) >= 11 is 0. The Morgan fingerprint density at radius 2 is 1.90 bits per heavy atom. The highest BCUT2D eigenvalue weighted by molar-refractivity contribution is 5.97. The topological polar surface area (TPSA) is 69.6 Å². The first-order chi connectivity index (χ1) is 9.63. The first-order valence-electron chi connectivity index (χ1n) is 7.00. The number of hydrogen-bond acceptors (Lipinski definition) is 3. The maximum atomic E-state index is 12.2. The Kier molecular flexibility index (Phi) is 3.44. The molecular weight excluding hydrogens is 256 g/mol. The number of piperidine rings is 3. The third-order valence-corrected chi connectivity index (χ3v) is 4.34. The number of hydrogen-bond donors (Lipinski definition) is 2. The minimum atomic E-state index is -1.01. The van der Waals surface area contributed by atoms with E-state index in [1.54, 1.807) is 12.1 Å². The Bertz CT molecular complexity index is 536. The minimum Gasteiger partial charge on any atom is -0.478 e. The van der Waals surface area contributed by atoms with Crippen molar-refractivity contribution in [2.24, 2.45) is 5.92 Å². The molecular formula is C15H18N2O3. The zero-order valence-electron chi connectivity index (χ0n) is 11.2. The molecule has 3 aliphatic rings. The molecule has 0 aromatic heterocycles. The van der Waals surface area contributed by atoms with Gasteiger partial charge in [-0.1, -0.05) is 6.07 Å². The summed E-state index contributed by atoms with van der Waals surface area (Å²) in [6.07, 6.45) is 2.28. The predicted molar refractivity (Wildman–Crippen MR) is 73.8 cm³/mol. The van der Waals surface area contributed by atoms with Gasteiger partial charge in [0.1, 0.15) is 0 Å². The molecule has 3 saturated heterocycles. The van der Waals surface area contributed by atoms with Crippen molar-refractivity contribution in [1.29, 1.82) is 0 Å². The second kappa shape index (κ2) is 5.25. The van der Waals surface area contributed by atoms with Crippen molar-refractivity contribution in [3.8, 4) is 0 Å². The van der Waals surface area contributed by atoms with Crippen molar-refractivity contribution >= 4 is 11.9 Å². The molecule has 3 heterocycles. The zero-order valence-corrected chi connectivity index (χ0v) is 11.2. The molecule has 106 valence electrons. The highest BCUT2D eigenvalue weighted by atomic mass is 16.4. The molecule has 4 rings (SSSR count). The van der Waals surface area contributed by atoms with Gasteiger partial charge in [0.05, 0.1) is 5.56 Å². The minimum absolute atomic E-state index is 0.145. The highest BCUT2D eigenvalue weighted by Gasteiger charge is 2.34. The summed E-state index contributed by atoms with van der Waals surface area (Å²) in [6, 6.07) is 6.38. The van der Waals surface area contributed by atoms with E-state index in [2.05, 4.69) is 10.2 Å². The lowest BCUT2D eigenvalue weighted by Gasteiger charge is -2.44. The summed E-state index contributed by atoms with van der Waals surface area (Å²) in [5, 5.41) is 12.0. The molecule has 5 nitrogen and oxygen atoms in total. The van der Waals surface area contributed by atoms with Gasteiger partial charge in [0.2, 0.25) is 0 Å². The summed E-state index contributed by atoms with van der Waals surface area (Å²) in [4.78, 5) is 25.5. The Labute approximate surface area is 117 Å². The van der Waals surface area contributed by atoms with Crippen LogP contribution in [0.4, 0.5) is 0 Å². The largest absolute Gasteiger partial charge is 0.478 e. The lowest BCUT2D eigenvalue weighted by Crippen LogP contribution is -2.57. The van der Waals surface area contributed by atoms with Crippen molar-refractivity contribution in [3.05, 3.63) is 35.4 Å². The number of aromatic carboxylic acids is 1. The zero-order chi connectivity index (χ0) is 14.1. The van der Waals surface area contributed by atoms with Crippen molar-refractivity contribution in [3.63, 3.8) is 0 Å². The van der Waals surface area contributed by atoms with E-state index in [0.717, 1.165) is 32.5 Å². The van der Waals surface area contributed by atoms with Gasteiger partial charge in [0, 0.05) is 18.2 Å². The van der Waals surface area contributed by atoms with Crippen LogP contribution < -0.4 is 5.32 Å². The molecule has 0 saturated carbocycles. The van der Waals surface area contributed by atoms with Gasteiger partial charge in [-0.05, 0) is 50.0 Å². The fourth-order valence-corrected chi connectivity index (χ4v) is 3.17. The average molecular weight is 274 g/mol. The van der Waals surface area contributed by atoms with Crippen LogP contribution in [0.5, 0.6) is 0 Å². The van der Waals surface area contributed by atoms with E-state index in [0.29, 0.717) is 11.5 Å². The number of benzene rings is 1. The van der Waals surface area contributed by atoms with Crippen LogP contribution in [0.1, 0.15) is 33.6 Å². The number of carbonyl (C=O) groups excluding carboxylic acids is 1. The van der Waals surface area contributed by atoms with E-state index in [9.17, 15) is 9.59 Å². The second-order valence-corrected chi connectivity index (χ2v) is 5.60. The fourth-order valence-electron chi connectivity index (χ4n) is 3.17. The number of carboxylic acids is 1. The van der Waals surface area contributed by atoms with E-state index in [-0.39, 0.29) is 17.5 Å². The van der Waals surface area contributed by atoms with Crippen molar-refractivity contribution in [2.75, 3.05) is 19.6 Å². The summed E-state index contributed by atoms with van der Waals surface area (Å²) in [5.74, 6) is -0.624. The summed E-state index contributed by atoms with van der Waals surface area (Å²) in [6.45, 7) is 3.17. The molecule has 0 aliphatic carbocycles. The maximum Gasteiger partial charge on any atom is 0.335 e. The van der Waals surface area contributed by atoms with E-state index in [1.165, 1.54) is 12.1 Å². The summed E-state index contributed by atoms with van der Waals surface area (Å²) in [7, 11) is 0. The summed E-state index contributed by atoms with van der Waals surface area (Å²) in [5.41, 5.74) is 0.563. The quantitative estimate of drug-likeness (QED) is 0.869. The average Bonchev–Trinajstić information content (AvgIpc) is 2.48. The number of nitrogens with zero attached hydrogens (tertiary/aromatic N) is 1. The molecule has 2 bridgehead atoms. The van der Waals surface area contributed by atoms with E-state index in [1.807, 2.05) is 0 Å². The molecule has 0 radical (unpaired) electrons. The SMILES string of the molecule is O=C(O)c1cccc(C(=O)NC2CN3CCC2CC3)c1. The molecule has 20 heavy (non-hydrogen) atoms. The van der Waals surface area contributed by atoms with Gasteiger partial charge in [0.15, 0.2) is 0 Å². The molecule has 0 spiro atoms. The number of amides is 1. The monoisotopic (exact) mass is 274 g/mol. The normalized spacial score (nSPS) is 28.1. The van der Waals surface area contributed by atoms with Gasteiger partial charge in [-0.2, -0.15) is 0 Å². The van der Waals surface area contributed by atoms with Crippen LogP contribution in [-0.4, -0.2) is 47.6 Å². The Morgan fingerprint density at radius 3 is 2.50 bits per heavy atom. The van der Waals surface area contributed by atoms with Gasteiger partial charge in [0.25, 0.3) is 5.91 Å². The van der Waals surface area contributed by atoms with Gasteiger partial charge < -0.3 is 15.3 Å². The number of nitrogens with one attached hydrogen (secondary N) is 1. The van der Waals surface area contributed by atoms with Crippen LogP contribution in [0.15, 0.2) is 24.3 Å². The van der Waals surface area contributed by atoms with Crippen LogP contribution in [0.2, 0.25) is 0 Å². The number of fused-ring (bicyclic) bond motifs is 3. The van der Waals surface area contributed by atoms with Crippen LogP contribution in [0, 0.1) is 5.92 Å². The fraction of sp³-hybridized carbons (Fsp3) is 0.467. The van der Waals surface area contributed by atoms with E-state index >= 15 is 0 Å². The first kappa shape index (κ1) is 13.1. The van der Waals surface area contributed by atoms with Gasteiger partial charge in [-0.25, -0.2) is 4.79 Å². The molecule has 2 N–H and O–H groups in total. The summed E-state index contributed by atoms with van der Waals surface area (Å²) < 4.78 is 0. The number of rotatable bonds is 3. The standard InChI is InChI=1S/C15H18N2O3/c18-14(11-2-1-3-12(8-11)15(19)20)16-13-9-17-6-4-10(13)5-7-17/h1-3,8,10,13H,4-7,9H2,(H,16,18)(H,19,20). The molecule has 5 heteroatoms. The smallest absolute Gasteiger partial charge is 0.335 e. The Hall–Kier alpha value is -1.88. The predicted octanol–water partition coefficient (Wildman–Crippen LogP) is 1.21. The van der Waals surface area contributed by atoms with Gasteiger partial charge >= 0.3 is 5.97 Å². The van der Waals surface area contributed by atoms with E-state index in [4.69, 9.17) is 5.11 Å². The molecule has 1 atom stereocenters. The van der Waals surface area contributed by atoms with Crippen molar-refractivity contribution in [2.45, 2.75) is 18.9 Å². The second-order valence-electron chi connectivity index (χ2n) is 5.60. The molecule has 1 aromatic rings. The third-order valence-electron chi connectivity index (χ3n) is 4.34. The van der Waals surface area contributed by atoms with Crippen molar-refractivity contribution < 1.29 is 14.7 Å². The number of carbonyl (C=O) groups is 2. The van der Waals surface area contributed by atoms with Crippen LogP contribution in [0.25, 0.3) is 0 Å². The number of carboxylic acid groups (broad SMARTS) is 1. The van der Waals surface area contributed by atoms with Gasteiger partial charge in [-0.15, -0.1) is 0 Å². The lowest BCUT2D eigenvalue weighted by molar-refractivity contribution is 0.0620. The van der Waals surface area contributed by atoms with Crippen LogP contribution >= 0.6 is 0 Å². The lowest BCUT2D eigenvalue weighted by atomic mass is 9.84. The molecule has 3 fully saturated rings. The van der Waals surface area contributed by atoms with Crippen molar-refractivity contribution in [1.82, 2.24) is 10.2 Å². The van der Waals surface area contributed by atoms with Crippen LogP contribution in [0.3, 0.4) is 0 Å². The van der Waals surface area contributed by atoms with Crippen LogP contribution in [-0.2, 0) is 0 Å². The molecule has 1 amide bonds.